The Bertz CT molecular complexity index is 387. The maximum atomic E-state index is 11.3. The van der Waals surface area contributed by atoms with Gasteiger partial charge < -0.3 is 15.2 Å². The van der Waals surface area contributed by atoms with Crippen LogP contribution in [0.1, 0.15) is 5.56 Å². The van der Waals surface area contributed by atoms with Crippen LogP contribution >= 0.6 is 0 Å². The first-order valence-corrected chi connectivity index (χ1v) is 5.21. The number of nitrogens with one attached hydrogen (secondary N) is 1. The Labute approximate surface area is 100 Å². The van der Waals surface area contributed by atoms with Crippen molar-refractivity contribution in [3.8, 4) is 5.75 Å². The van der Waals surface area contributed by atoms with E-state index in [4.69, 9.17) is 9.84 Å². The molecule has 0 aromatic heterocycles. The van der Waals surface area contributed by atoms with E-state index >= 15 is 0 Å². The minimum Gasteiger partial charge on any atom is -0.497 e. The minimum absolute atomic E-state index is 0.308. The zero-order chi connectivity index (χ0) is 12.7. The summed E-state index contributed by atoms with van der Waals surface area (Å²) < 4.78 is 5.02. The SMILES string of the molecule is CNC(=O)[C@H](CO)N=Cc1ccc(OC)cc1. The van der Waals surface area contributed by atoms with Crippen molar-refractivity contribution in [2.24, 2.45) is 4.99 Å². The van der Waals surface area contributed by atoms with E-state index in [0.717, 1.165) is 11.3 Å². The second-order valence-corrected chi connectivity index (χ2v) is 3.36. The molecule has 1 amide bonds. The number of rotatable bonds is 5. The zero-order valence-electron chi connectivity index (χ0n) is 9.88. The van der Waals surface area contributed by atoms with Crippen molar-refractivity contribution in [3.63, 3.8) is 0 Å². The molecule has 0 heterocycles. The van der Waals surface area contributed by atoms with Gasteiger partial charge in [0, 0.05) is 13.3 Å². The first-order valence-electron chi connectivity index (χ1n) is 5.21. The summed E-state index contributed by atoms with van der Waals surface area (Å²) in [5.74, 6) is 0.449. The van der Waals surface area contributed by atoms with Gasteiger partial charge >= 0.3 is 0 Å². The van der Waals surface area contributed by atoms with Crippen LogP contribution in [0.15, 0.2) is 29.3 Å². The number of carbonyl (C=O) groups is 1. The molecule has 5 nitrogen and oxygen atoms in total. The fourth-order valence-electron chi connectivity index (χ4n) is 1.23. The van der Waals surface area contributed by atoms with E-state index in [1.165, 1.54) is 7.05 Å². The predicted octanol–water partition coefficient (Wildman–Crippen LogP) is 0.221. The molecule has 0 aliphatic rings. The summed E-state index contributed by atoms with van der Waals surface area (Å²) in [4.78, 5) is 15.3. The van der Waals surface area contributed by atoms with Crippen LogP contribution in [-0.4, -0.2) is 44.0 Å². The van der Waals surface area contributed by atoms with Crippen molar-refractivity contribution in [2.45, 2.75) is 6.04 Å². The van der Waals surface area contributed by atoms with Crippen molar-refractivity contribution in [3.05, 3.63) is 29.8 Å². The van der Waals surface area contributed by atoms with Crippen LogP contribution in [0.3, 0.4) is 0 Å². The number of aliphatic hydroxyl groups is 1. The Morgan fingerprint density at radius 1 is 1.53 bits per heavy atom. The maximum absolute atomic E-state index is 11.3. The summed E-state index contributed by atoms with van der Waals surface area (Å²) in [6.07, 6.45) is 1.55. The van der Waals surface area contributed by atoms with Crippen LogP contribution in [0.25, 0.3) is 0 Å². The Morgan fingerprint density at radius 2 is 2.18 bits per heavy atom. The van der Waals surface area contributed by atoms with E-state index in [1.54, 1.807) is 25.5 Å². The fraction of sp³-hybridized carbons (Fsp3) is 0.333. The lowest BCUT2D eigenvalue weighted by molar-refractivity contribution is -0.122. The summed E-state index contributed by atoms with van der Waals surface area (Å²) in [7, 11) is 3.10. The molecule has 0 radical (unpaired) electrons. The van der Waals surface area contributed by atoms with Crippen molar-refractivity contribution >= 4 is 12.1 Å². The highest BCUT2D eigenvalue weighted by molar-refractivity contribution is 5.86. The van der Waals surface area contributed by atoms with Gasteiger partial charge in [-0.2, -0.15) is 0 Å². The van der Waals surface area contributed by atoms with Gasteiger partial charge in [0.15, 0.2) is 6.04 Å². The summed E-state index contributed by atoms with van der Waals surface area (Å²) in [6.45, 7) is -0.313. The molecule has 1 aromatic carbocycles. The molecule has 17 heavy (non-hydrogen) atoms. The van der Waals surface area contributed by atoms with Crippen LogP contribution in [0.2, 0.25) is 0 Å². The van der Waals surface area contributed by atoms with Crippen LogP contribution in [0, 0.1) is 0 Å². The highest BCUT2D eigenvalue weighted by Crippen LogP contribution is 2.09. The van der Waals surface area contributed by atoms with Crippen molar-refractivity contribution in [1.29, 1.82) is 0 Å². The summed E-state index contributed by atoms with van der Waals surface area (Å²) in [5, 5.41) is 11.4. The molecule has 1 atom stereocenters. The molecule has 2 N–H and O–H groups in total. The van der Waals surface area contributed by atoms with Gasteiger partial charge in [-0.1, -0.05) is 0 Å². The van der Waals surface area contributed by atoms with Gasteiger partial charge in [0.25, 0.3) is 0 Å². The summed E-state index contributed by atoms with van der Waals surface area (Å²) in [5.41, 5.74) is 0.841. The smallest absolute Gasteiger partial charge is 0.246 e. The zero-order valence-corrected chi connectivity index (χ0v) is 9.88. The quantitative estimate of drug-likeness (QED) is 0.718. The Kier molecular flexibility index (Phi) is 5.16. The van der Waals surface area contributed by atoms with Gasteiger partial charge in [0.2, 0.25) is 5.91 Å². The van der Waals surface area contributed by atoms with Crippen molar-refractivity contribution in [1.82, 2.24) is 5.32 Å². The first-order chi connectivity index (χ1) is 8.21. The first kappa shape index (κ1) is 13.2. The number of ether oxygens (including phenoxy) is 1. The number of likely N-dealkylation sites (N-methyl/N-ethyl adjacent to an activating group) is 1. The molecule has 92 valence electrons. The van der Waals surface area contributed by atoms with E-state index in [2.05, 4.69) is 10.3 Å². The highest BCUT2D eigenvalue weighted by Gasteiger charge is 2.12. The molecule has 0 saturated carbocycles. The number of hydrogen-bond donors (Lipinski definition) is 2. The van der Waals surface area contributed by atoms with E-state index in [9.17, 15) is 4.79 Å². The maximum Gasteiger partial charge on any atom is 0.246 e. The molecule has 0 saturated heterocycles. The molecular formula is C12H16N2O3. The Hall–Kier alpha value is -1.88. The van der Waals surface area contributed by atoms with Crippen LogP contribution in [-0.2, 0) is 4.79 Å². The molecule has 0 bridgehead atoms. The topological polar surface area (TPSA) is 70.9 Å². The lowest BCUT2D eigenvalue weighted by atomic mass is 10.2. The number of amides is 1. The number of aliphatic imine (C=N–C) groups is 1. The van der Waals surface area contributed by atoms with E-state index in [-0.39, 0.29) is 12.5 Å². The number of nitrogens with zero attached hydrogens (tertiary/aromatic N) is 1. The number of aliphatic hydroxyl groups excluding tert-OH is 1. The van der Waals surface area contributed by atoms with Crippen LogP contribution in [0.4, 0.5) is 0 Å². The average Bonchev–Trinajstić information content (AvgIpc) is 2.39. The van der Waals surface area contributed by atoms with Crippen molar-refractivity contribution in [2.75, 3.05) is 20.8 Å². The molecule has 0 aliphatic heterocycles. The average molecular weight is 236 g/mol. The normalized spacial score (nSPS) is 12.4. The van der Waals surface area contributed by atoms with Crippen LogP contribution < -0.4 is 10.1 Å². The predicted molar refractivity (Wildman–Crippen MR) is 65.5 cm³/mol. The molecule has 0 aliphatic carbocycles. The Balaban J connectivity index is 2.71. The third kappa shape index (κ3) is 3.88. The Morgan fingerprint density at radius 3 is 2.65 bits per heavy atom. The van der Waals surface area contributed by atoms with Gasteiger partial charge in [-0.05, 0) is 29.8 Å². The van der Waals surface area contributed by atoms with E-state index in [1.807, 2.05) is 12.1 Å². The monoisotopic (exact) mass is 236 g/mol. The number of benzene rings is 1. The van der Waals surface area contributed by atoms with Gasteiger partial charge in [0.05, 0.1) is 13.7 Å². The third-order valence-corrected chi connectivity index (χ3v) is 2.24. The van der Waals surface area contributed by atoms with Gasteiger partial charge in [-0.3, -0.25) is 9.79 Å². The second-order valence-electron chi connectivity index (χ2n) is 3.36. The summed E-state index contributed by atoms with van der Waals surface area (Å²) in [6, 6.07) is 6.48. The van der Waals surface area contributed by atoms with E-state index < -0.39 is 6.04 Å². The number of carbonyl (C=O) groups excluding carboxylic acids is 1. The van der Waals surface area contributed by atoms with Gasteiger partial charge in [-0.15, -0.1) is 0 Å². The summed E-state index contributed by atoms with van der Waals surface area (Å²) >= 11 is 0. The lowest BCUT2D eigenvalue weighted by Gasteiger charge is -2.06. The van der Waals surface area contributed by atoms with E-state index in [0.29, 0.717) is 0 Å². The molecule has 0 spiro atoms. The molecule has 0 fully saturated rings. The lowest BCUT2D eigenvalue weighted by Crippen LogP contribution is -2.33. The standard InChI is InChI=1S/C12H16N2O3/c1-13-12(16)11(8-15)14-7-9-3-5-10(17-2)6-4-9/h3-7,11,15H,8H2,1-2H3,(H,13,16)/t11-/m0/s1. The second kappa shape index (κ2) is 6.65. The molecular weight excluding hydrogens is 220 g/mol. The third-order valence-electron chi connectivity index (χ3n) is 2.24. The number of hydrogen-bond acceptors (Lipinski definition) is 4. The molecule has 1 aromatic rings. The fourth-order valence-corrected chi connectivity index (χ4v) is 1.23. The van der Waals surface area contributed by atoms with Crippen LogP contribution in [0.5, 0.6) is 5.75 Å². The molecule has 1 rings (SSSR count). The highest BCUT2D eigenvalue weighted by atomic mass is 16.5. The molecule has 0 unspecified atom stereocenters. The van der Waals surface area contributed by atoms with Gasteiger partial charge in [0.1, 0.15) is 5.75 Å². The molecule has 5 heteroatoms. The largest absolute Gasteiger partial charge is 0.497 e. The van der Waals surface area contributed by atoms with Gasteiger partial charge in [-0.25, -0.2) is 0 Å². The number of methoxy groups -OCH3 is 1. The van der Waals surface area contributed by atoms with Crippen molar-refractivity contribution < 1.29 is 14.6 Å². The minimum atomic E-state index is -0.762.